The first-order chi connectivity index (χ1) is 11.6. The summed E-state index contributed by atoms with van der Waals surface area (Å²) in [6, 6.07) is 4.65. The first kappa shape index (κ1) is 16.1. The normalized spacial score (nSPS) is 23.8. The third kappa shape index (κ3) is 2.55. The van der Waals surface area contributed by atoms with E-state index in [1.165, 1.54) is 6.07 Å². The van der Waals surface area contributed by atoms with Crippen LogP contribution in [0.5, 0.6) is 0 Å². The molecule has 1 unspecified atom stereocenters. The molecule has 0 bridgehead atoms. The number of hydrogen-bond donors (Lipinski definition) is 1. The first-order valence-electron chi connectivity index (χ1n) is 7.46. The number of nitrogens with one attached hydrogen (secondary N) is 1. The highest BCUT2D eigenvalue weighted by atomic mass is 79.9. The molecule has 0 aromatic heterocycles. The van der Waals surface area contributed by atoms with Crippen LogP contribution in [0.4, 0.5) is 4.39 Å². The zero-order chi connectivity index (χ0) is 16.8. The molecule has 1 aromatic rings. The van der Waals surface area contributed by atoms with Gasteiger partial charge in [-0.15, -0.1) is 11.8 Å². The molecule has 0 saturated heterocycles. The van der Waals surface area contributed by atoms with Gasteiger partial charge in [0.1, 0.15) is 12.4 Å². The van der Waals surface area contributed by atoms with Crippen molar-refractivity contribution in [1.29, 1.82) is 0 Å². The minimum absolute atomic E-state index is 0.00489. The Kier molecular flexibility index (Phi) is 4.10. The van der Waals surface area contributed by atoms with Crippen LogP contribution >= 0.6 is 27.7 Å². The molecule has 0 amide bonds. The van der Waals surface area contributed by atoms with Crippen molar-refractivity contribution in [3.63, 3.8) is 0 Å². The standard InChI is InChI=1S/C17H13BrFNO3S/c18-9-3-8(1-2-10(9)19)15-16-11(4-23-5-13(16)21)20-12-6-24-7-14(22)17(12)15/h1-3,15,20H,4-7H2. The van der Waals surface area contributed by atoms with Crippen LogP contribution in [0.25, 0.3) is 0 Å². The number of carbonyl (C=O) groups is 2. The van der Waals surface area contributed by atoms with E-state index >= 15 is 0 Å². The van der Waals surface area contributed by atoms with E-state index in [1.54, 1.807) is 23.9 Å². The van der Waals surface area contributed by atoms with Crippen LogP contribution in [0.15, 0.2) is 45.2 Å². The highest BCUT2D eigenvalue weighted by Gasteiger charge is 2.40. The maximum absolute atomic E-state index is 13.6. The van der Waals surface area contributed by atoms with E-state index in [0.717, 1.165) is 11.3 Å². The molecule has 3 heterocycles. The van der Waals surface area contributed by atoms with Gasteiger partial charge in [0.15, 0.2) is 11.6 Å². The third-order valence-electron chi connectivity index (χ3n) is 4.37. The number of rotatable bonds is 1. The summed E-state index contributed by atoms with van der Waals surface area (Å²) in [6.07, 6.45) is 0. The second-order valence-corrected chi connectivity index (χ2v) is 7.69. The summed E-state index contributed by atoms with van der Waals surface area (Å²) in [7, 11) is 0. The van der Waals surface area contributed by atoms with Gasteiger partial charge >= 0.3 is 0 Å². The zero-order valence-electron chi connectivity index (χ0n) is 12.5. The van der Waals surface area contributed by atoms with Gasteiger partial charge in [-0.2, -0.15) is 0 Å². The topological polar surface area (TPSA) is 55.4 Å². The third-order valence-corrected chi connectivity index (χ3v) is 5.93. The van der Waals surface area contributed by atoms with E-state index in [9.17, 15) is 14.0 Å². The average molecular weight is 410 g/mol. The first-order valence-corrected chi connectivity index (χ1v) is 9.41. The van der Waals surface area contributed by atoms with Crippen molar-refractivity contribution in [2.45, 2.75) is 5.92 Å². The second-order valence-electron chi connectivity index (χ2n) is 5.85. The minimum atomic E-state index is -0.460. The summed E-state index contributed by atoms with van der Waals surface area (Å²) in [4.78, 5) is 25.1. The molecule has 4 rings (SSSR count). The molecule has 1 atom stereocenters. The number of dihydropyridines is 1. The van der Waals surface area contributed by atoms with Crippen molar-refractivity contribution in [1.82, 2.24) is 5.32 Å². The van der Waals surface area contributed by atoms with E-state index < -0.39 is 5.92 Å². The molecule has 0 spiro atoms. The molecule has 124 valence electrons. The lowest BCUT2D eigenvalue weighted by atomic mass is 9.77. The summed E-state index contributed by atoms with van der Waals surface area (Å²) in [5.74, 6) is 0.132. The quantitative estimate of drug-likeness (QED) is 0.772. The Balaban J connectivity index is 1.92. The van der Waals surface area contributed by atoms with Gasteiger partial charge in [0, 0.05) is 34.2 Å². The number of halogens is 2. The maximum atomic E-state index is 13.6. The Morgan fingerprint density at radius 3 is 2.71 bits per heavy atom. The van der Waals surface area contributed by atoms with Crippen LogP contribution in [0.1, 0.15) is 11.5 Å². The van der Waals surface area contributed by atoms with Gasteiger partial charge < -0.3 is 10.1 Å². The highest BCUT2D eigenvalue weighted by molar-refractivity contribution is 9.10. The minimum Gasteiger partial charge on any atom is -0.367 e. The van der Waals surface area contributed by atoms with E-state index in [0.29, 0.717) is 39.4 Å². The fourth-order valence-corrected chi connectivity index (χ4v) is 4.64. The second kappa shape index (κ2) is 6.13. The Hall–Kier alpha value is -1.44. The van der Waals surface area contributed by atoms with Gasteiger partial charge in [-0.05, 0) is 33.6 Å². The van der Waals surface area contributed by atoms with Crippen LogP contribution in [0, 0.1) is 5.82 Å². The number of hydrogen-bond acceptors (Lipinski definition) is 5. The van der Waals surface area contributed by atoms with Crippen molar-refractivity contribution < 1.29 is 18.7 Å². The van der Waals surface area contributed by atoms with Crippen molar-refractivity contribution in [3.8, 4) is 0 Å². The van der Waals surface area contributed by atoms with Gasteiger partial charge in [0.2, 0.25) is 0 Å². The van der Waals surface area contributed by atoms with Crippen LogP contribution in [0.2, 0.25) is 0 Å². The number of Topliss-reactive ketones (excluding diaryl/α,β-unsaturated/α-hetero) is 2. The van der Waals surface area contributed by atoms with Gasteiger partial charge in [-0.1, -0.05) is 6.07 Å². The van der Waals surface area contributed by atoms with Gasteiger partial charge in [-0.25, -0.2) is 4.39 Å². The fraction of sp³-hybridized carbons (Fsp3) is 0.294. The lowest BCUT2D eigenvalue weighted by Gasteiger charge is -2.36. The molecular weight excluding hydrogens is 397 g/mol. The van der Waals surface area contributed by atoms with E-state index in [2.05, 4.69) is 21.2 Å². The lowest BCUT2D eigenvalue weighted by molar-refractivity contribution is -0.121. The number of allylic oxidation sites excluding steroid dienone is 1. The van der Waals surface area contributed by atoms with Crippen LogP contribution in [-0.4, -0.2) is 36.3 Å². The maximum Gasteiger partial charge on any atom is 0.187 e. The number of thioether (sulfide) groups is 1. The lowest BCUT2D eigenvalue weighted by Crippen LogP contribution is -2.40. The largest absolute Gasteiger partial charge is 0.367 e. The molecule has 4 nitrogen and oxygen atoms in total. The van der Waals surface area contributed by atoms with Gasteiger partial charge in [0.05, 0.1) is 16.8 Å². The molecule has 3 aliphatic rings. The van der Waals surface area contributed by atoms with Crippen LogP contribution in [0.3, 0.4) is 0 Å². The van der Waals surface area contributed by atoms with Crippen molar-refractivity contribution in [2.24, 2.45) is 0 Å². The smallest absolute Gasteiger partial charge is 0.187 e. The molecule has 24 heavy (non-hydrogen) atoms. The SMILES string of the molecule is O=C1COCC2=C1C(c1ccc(F)c(Br)c1)C1=C(CSCC1=O)N2. The molecule has 0 aliphatic carbocycles. The molecular formula is C17H13BrFNO3S. The Labute approximate surface area is 150 Å². The molecule has 7 heteroatoms. The number of ether oxygens (including phenoxy) is 1. The van der Waals surface area contributed by atoms with Crippen molar-refractivity contribution in [3.05, 3.63) is 56.6 Å². The van der Waals surface area contributed by atoms with Crippen molar-refractivity contribution >= 4 is 39.3 Å². The zero-order valence-corrected chi connectivity index (χ0v) is 14.9. The van der Waals surface area contributed by atoms with E-state index in [-0.39, 0.29) is 24.0 Å². The van der Waals surface area contributed by atoms with E-state index in [1.807, 2.05) is 0 Å². The molecule has 3 aliphatic heterocycles. The fourth-order valence-electron chi connectivity index (χ4n) is 3.37. The number of ketones is 2. The predicted molar refractivity (Wildman–Crippen MR) is 92.2 cm³/mol. The number of benzene rings is 1. The monoisotopic (exact) mass is 409 g/mol. The van der Waals surface area contributed by atoms with Gasteiger partial charge in [-0.3, -0.25) is 9.59 Å². The average Bonchev–Trinajstić information content (AvgIpc) is 2.56. The van der Waals surface area contributed by atoms with Crippen LogP contribution < -0.4 is 5.32 Å². The predicted octanol–water partition coefficient (Wildman–Crippen LogP) is 2.70. The Morgan fingerprint density at radius 1 is 1.12 bits per heavy atom. The summed E-state index contributed by atoms with van der Waals surface area (Å²) in [5.41, 5.74) is 3.48. The molecule has 1 aromatic carbocycles. The molecule has 0 radical (unpaired) electrons. The van der Waals surface area contributed by atoms with Crippen molar-refractivity contribution in [2.75, 3.05) is 24.7 Å². The highest BCUT2D eigenvalue weighted by Crippen LogP contribution is 2.43. The summed E-state index contributed by atoms with van der Waals surface area (Å²) in [6.45, 7) is 0.320. The van der Waals surface area contributed by atoms with Crippen LogP contribution in [-0.2, 0) is 14.3 Å². The van der Waals surface area contributed by atoms with Gasteiger partial charge in [0.25, 0.3) is 0 Å². The summed E-state index contributed by atoms with van der Waals surface area (Å²) < 4.78 is 19.3. The molecule has 0 saturated carbocycles. The summed E-state index contributed by atoms with van der Waals surface area (Å²) >= 11 is 4.74. The Bertz CT molecular complexity index is 791. The molecule has 1 N–H and O–H groups in total. The van der Waals surface area contributed by atoms with E-state index in [4.69, 9.17) is 4.74 Å². The summed E-state index contributed by atoms with van der Waals surface area (Å²) in [5, 5.41) is 3.23. The number of carbonyl (C=O) groups excluding carboxylic acids is 2. The Morgan fingerprint density at radius 2 is 1.92 bits per heavy atom. The molecule has 0 fully saturated rings.